The topological polar surface area (TPSA) is 176 Å². The number of phenols is 3. The standard InChI is InChI=1S/C64H70N4O9/c1-41-12-7-8-24-64(41)25-21-54(76-42(2)69)34-52(72)35-58(47-30-60(74)63(61(31-47)75-3)77-53-19-11-18-51(71)33-53)67-39-46-16-10-20-57(56(46)40-67)68(27-23-59(73)43-13-5-4-6-14-43)62-32-45(22-26-66-62)55(44-15-9-17-50(70)28-44)29-48-37-65-38-49(48)36-64/h7-12,15-20,22,24,28,30-33,37-41,43,54-55,58,65-66,70-71,74H,4-6,13-14,21,23,25-27,29,34-36H2,1-3H3. The Morgan fingerprint density at radius 3 is 2.42 bits per heavy atom. The fraction of sp³-hybridized carbons (Fsp3) is 0.359. The van der Waals surface area contributed by atoms with Crippen LogP contribution in [0.4, 0.5) is 5.69 Å². The van der Waals surface area contributed by atoms with Crippen molar-refractivity contribution in [1.82, 2.24) is 14.9 Å². The molecule has 6 aromatic rings. The van der Waals surface area contributed by atoms with Crippen LogP contribution in [0.1, 0.15) is 112 Å². The quantitative estimate of drug-likeness (QED) is 0.0826. The van der Waals surface area contributed by atoms with Gasteiger partial charge in [0, 0.05) is 92.7 Å². The number of phenolic OH excluding ortho intramolecular Hbond substituents is 3. The van der Waals surface area contributed by atoms with Crippen molar-refractivity contribution in [2.24, 2.45) is 17.3 Å². The van der Waals surface area contributed by atoms with Crippen LogP contribution in [0.2, 0.25) is 0 Å². The summed E-state index contributed by atoms with van der Waals surface area (Å²) in [7, 11) is 1.48. The van der Waals surface area contributed by atoms with Crippen LogP contribution >= 0.6 is 0 Å². The second kappa shape index (κ2) is 23.1. The first-order valence-electron chi connectivity index (χ1n) is 27.3. The minimum Gasteiger partial charge on any atom is -0.508 e. The number of carbonyl (C=O) groups excluding carboxylic acids is 3. The van der Waals surface area contributed by atoms with Crippen molar-refractivity contribution < 1.29 is 43.9 Å². The van der Waals surface area contributed by atoms with E-state index in [2.05, 4.69) is 83.1 Å². The van der Waals surface area contributed by atoms with Gasteiger partial charge in [-0.3, -0.25) is 14.4 Å². The maximum Gasteiger partial charge on any atom is 0.302 e. The molecule has 77 heavy (non-hydrogen) atoms. The predicted octanol–water partition coefficient (Wildman–Crippen LogP) is 12.6. The number of esters is 1. The summed E-state index contributed by atoms with van der Waals surface area (Å²) >= 11 is 0. The normalized spacial score (nSPS) is 22.4. The monoisotopic (exact) mass is 1040 g/mol. The van der Waals surface area contributed by atoms with Gasteiger partial charge in [0.05, 0.1) is 18.8 Å². The predicted molar refractivity (Wildman–Crippen MR) is 299 cm³/mol. The molecule has 4 heterocycles. The van der Waals surface area contributed by atoms with Crippen molar-refractivity contribution in [2.45, 2.75) is 109 Å². The summed E-state index contributed by atoms with van der Waals surface area (Å²) in [6.45, 7) is 4.55. The lowest BCUT2D eigenvalue weighted by Crippen LogP contribution is -2.36. The number of benzene rings is 4. The van der Waals surface area contributed by atoms with E-state index in [-0.39, 0.29) is 82.1 Å². The van der Waals surface area contributed by atoms with Gasteiger partial charge in [0.1, 0.15) is 40.7 Å². The highest BCUT2D eigenvalue weighted by Crippen LogP contribution is 2.47. The lowest BCUT2D eigenvalue weighted by atomic mass is 9.66. The van der Waals surface area contributed by atoms with Crippen LogP contribution in [0.15, 0.2) is 152 Å². The van der Waals surface area contributed by atoms with E-state index in [1.54, 1.807) is 30.3 Å². The number of allylic oxidation sites excluding steroid dienone is 6. The van der Waals surface area contributed by atoms with Gasteiger partial charge in [0.25, 0.3) is 0 Å². The number of ether oxygens (including phenoxy) is 3. The summed E-state index contributed by atoms with van der Waals surface area (Å²) in [4.78, 5) is 47.6. The molecule has 1 saturated carbocycles. The Labute approximate surface area is 450 Å². The Balaban J connectivity index is 1.13. The molecule has 1 spiro atoms. The lowest BCUT2D eigenvalue weighted by molar-refractivity contribution is -0.148. The van der Waals surface area contributed by atoms with Crippen molar-refractivity contribution in [3.8, 4) is 34.5 Å². The zero-order chi connectivity index (χ0) is 53.6. The number of methoxy groups -OCH3 is 1. The molecule has 13 heteroatoms. The molecule has 1 fully saturated rings. The van der Waals surface area contributed by atoms with Crippen LogP contribution in [0, 0.1) is 17.3 Å². The molecular weight excluding hydrogens is 969 g/mol. The number of anilines is 1. The van der Waals surface area contributed by atoms with Crippen molar-refractivity contribution in [3.63, 3.8) is 0 Å². The molecule has 2 aromatic heterocycles. The molecule has 400 valence electrons. The molecule has 4 aliphatic rings. The zero-order valence-electron chi connectivity index (χ0n) is 44.3. The molecule has 0 radical (unpaired) electrons. The van der Waals surface area contributed by atoms with Crippen LogP contribution in [0.25, 0.3) is 10.8 Å². The maximum atomic E-state index is 14.9. The number of ketones is 2. The summed E-state index contributed by atoms with van der Waals surface area (Å²) in [5.74, 6) is 0.985. The molecule has 4 aromatic carbocycles. The summed E-state index contributed by atoms with van der Waals surface area (Å²) in [6.07, 6.45) is 28.4. The number of Topliss-reactive ketones (excluding diaryl/α,β-unsaturated/α-hetero) is 2. The highest BCUT2D eigenvalue weighted by Gasteiger charge is 2.37. The third-order valence-electron chi connectivity index (χ3n) is 16.4. The van der Waals surface area contributed by atoms with E-state index < -0.39 is 18.1 Å². The van der Waals surface area contributed by atoms with Crippen molar-refractivity contribution in [1.29, 1.82) is 0 Å². The van der Waals surface area contributed by atoms with Crippen LogP contribution in [-0.2, 0) is 32.0 Å². The first-order chi connectivity index (χ1) is 37.3. The Hall–Kier alpha value is -7.93. The van der Waals surface area contributed by atoms with E-state index in [0.29, 0.717) is 50.8 Å². The van der Waals surface area contributed by atoms with Crippen LogP contribution in [0.3, 0.4) is 0 Å². The van der Waals surface area contributed by atoms with Gasteiger partial charge < -0.3 is 49.3 Å². The van der Waals surface area contributed by atoms with Gasteiger partial charge >= 0.3 is 5.97 Å². The molecular formula is C64H70N4O9. The van der Waals surface area contributed by atoms with Gasteiger partial charge in [0.15, 0.2) is 11.5 Å². The Kier molecular flexibility index (Phi) is 15.8. The summed E-state index contributed by atoms with van der Waals surface area (Å²) < 4.78 is 20.0. The highest BCUT2D eigenvalue weighted by molar-refractivity contribution is 5.95. The van der Waals surface area contributed by atoms with E-state index in [9.17, 15) is 29.7 Å². The molecule has 0 amide bonds. The number of aromatic hydroxyl groups is 3. The van der Waals surface area contributed by atoms with Crippen LogP contribution < -0.4 is 19.7 Å². The lowest BCUT2D eigenvalue weighted by Gasteiger charge is -2.38. The van der Waals surface area contributed by atoms with E-state index in [1.165, 1.54) is 26.2 Å². The number of dihydropyridines is 1. The SMILES string of the molecule is COc1cc(C2CC(=O)CC(OC(C)=O)CCC3(C=CC=CC3C)Cc3c[nH]cc3CC(c3cccc(O)c3)C3=CCNC(=C3)N(CCC(=O)C3CCCCC3)c3cccc4cn2cc34)cc(O)c1Oc1cccc(O)c1. The number of H-pyrrole nitrogens is 1. The summed E-state index contributed by atoms with van der Waals surface area (Å²) in [6, 6.07) is 22.5. The van der Waals surface area contributed by atoms with E-state index in [0.717, 1.165) is 76.6 Å². The first kappa shape index (κ1) is 52.5. The van der Waals surface area contributed by atoms with Crippen molar-refractivity contribution in [2.75, 3.05) is 25.1 Å². The zero-order valence-corrected chi connectivity index (χ0v) is 44.3. The third-order valence-corrected chi connectivity index (χ3v) is 16.4. The molecule has 0 saturated heterocycles. The van der Waals surface area contributed by atoms with Gasteiger partial charge in [-0.2, -0.15) is 0 Å². The number of nitrogens with one attached hydrogen (secondary N) is 2. The number of carbonyl (C=O) groups is 3. The van der Waals surface area contributed by atoms with E-state index in [1.807, 2.05) is 41.2 Å². The molecule has 10 rings (SSSR count). The van der Waals surface area contributed by atoms with Crippen molar-refractivity contribution in [3.05, 3.63) is 174 Å². The number of aromatic nitrogens is 2. The number of aromatic amines is 1. The number of hydrogen-bond donors (Lipinski definition) is 5. The molecule has 5 N–H and O–H groups in total. The van der Waals surface area contributed by atoms with Crippen LogP contribution in [0.5, 0.6) is 34.5 Å². The molecule has 5 unspecified atom stereocenters. The molecule has 2 aliphatic heterocycles. The van der Waals surface area contributed by atoms with Gasteiger partial charge in [-0.05, 0) is 126 Å². The molecule has 4 bridgehead atoms. The highest BCUT2D eigenvalue weighted by atomic mass is 16.5. The minimum absolute atomic E-state index is 0.00753. The Morgan fingerprint density at radius 2 is 1.64 bits per heavy atom. The summed E-state index contributed by atoms with van der Waals surface area (Å²) in [5, 5.41) is 38.5. The third kappa shape index (κ3) is 11.9. The van der Waals surface area contributed by atoms with Gasteiger partial charge in [0.2, 0.25) is 5.75 Å². The summed E-state index contributed by atoms with van der Waals surface area (Å²) in [5.41, 5.74) is 5.40. The largest absolute Gasteiger partial charge is 0.508 e. The second-order valence-electron chi connectivity index (χ2n) is 21.5. The van der Waals surface area contributed by atoms with E-state index >= 15 is 0 Å². The number of hydrogen-bond acceptors (Lipinski definition) is 11. The van der Waals surface area contributed by atoms with Crippen molar-refractivity contribution >= 4 is 34.0 Å². The van der Waals surface area contributed by atoms with Gasteiger partial charge in [-0.1, -0.05) is 86.9 Å². The maximum absolute atomic E-state index is 14.9. The fourth-order valence-corrected chi connectivity index (χ4v) is 12.3. The molecule has 2 aliphatic carbocycles. The number of fused-ring (bicyclic) bond motifs is 3. The number of nitrogens with zero attached hydrogens (tertiary/aromatic N) is 2. The van der Waals surface area contributed by atoms with Gasteiger partial charge in [-0.15, -0.1) is 0 Å². The minimum atomic E-state index is -0.716. The van der Waals surface area contributed by atoms with E-state index in [4.69, 9.17) is 14.2 Å². The van der Waals surface area contributed by atoms with Gasteiger partial charge in [-0.25, -0.2) is 0 Å². The first-order valence-corrected chi connectivity index (χ1v) is 27.3. The average Bonchev–Trinajstić information content (AvgIpc) is 4.15. The molecule has 13 nitrogen and oxygen atoms in total. The Morgan fingerprint density at radius 1 is 0.844 bits per heavy atom. The fourth-order valence-electron chi connectivity index (χ4n) is 12.3. The smallest absolute Gasteiger partial charge is 0.302 e. The molecule has 5 atom stereocenters. The number of rotatable bonds is 10. The van der Waals surface area contributed by atoms with Crippen LogP contribution in [-0.4, -0.2) is 68.7 Å². The second-order valence-corrected chi connectivity index (χ2v) is 21.5. The Bertz CT molecular complexity index is 3260. The average molecular weight is 1040 g/mol.